The van der Waals surface area contributed by atoms with Gasteiger partial charge in [-0.25, -0.2) is 0 Å². The van der Waals surface area contributed by atoms with Crippen LogP contribution in [-0.2, 0) is 0 Å². The van der Waals surface area contributed by atoms with E-state index in [0.29, 0.717) is 0 Å². The summed E-state index contributed by atoms with van der Waals surface area (Å²) in [6.45, 7) is 0. The zero-order chi connectivity index (χ0) is 41.4. The number of fused-ring (bicyclic) bond motifs is 9. The van der Waals surface area contributed by atoms with Gasteiger partial charge in [-0.2, -0.15) is 0 Å². The molecular weight excluding hydrogens is 767 g/mol. The number of hydrogen-bond donors (Lipinski definition) is 0. The largest absolute Gasteiger partial charge is 0.456 e. The average Bonchev–Trinajstić information content (AvgIpc) is 4.01. The molecule has 0 unspecified atom stereocenters. The van der Waals surface area contributed by atoms with Crippen LogP contribution in [0, 0.1) is 0 Å². The first-order valence-electron chi connectivity index (χ1n) is 21.4. The molecule has 0 aliphatic rings. The Bertz CT molecular complexity index is 3760. The van der Waals surface area contributed by atoms with Crippen molar-refractivity contribution < 1.29 is 4.42 Å². The quantitative estimate of drug-likeness (QED) is 0.168. The predicted molar refractivity (Wildman–Crippen MR) is 262 cm³/mol. The molecule has 4 aromatic heterocycles. The summed E-state index contributed by atoms with van der Waals surface area (Å²) < 4.78 is 11.2. The van der Waals surface area contributed by atoms with E-state index in [0.717, 1.165) is 55.6 Å². The molecular formula is C59H37N3O. The highest BCUT2D eigenvalue weighted by Crippen LogP contribution is 2.40. The third-order valence-electron chi connectivity index (χ3n) is 12.8. The molecule has 0 spiro atoms. The van der Waals surface area contributed by atoms with E-state index < -0.39 is 0 Å². The predicted octanol–water partition coefficient (Wildman–Crippen LogP) is 15.8. The minimum Gasteiger partial charge on any atom is -0.456 e. The number of benzene rings is 9. The van der Waals surface area contributed by atoms with E-state index >= 15 is 0 Å². The molecule has 0 aliphatic carbocycles. The minimum absolute atomic E-state index is 0.864. The summed E-state index contributed by atoms with van der Waals surface area (Å²) >= 11 is 0. The van der Waals surface area contributed by atoms with Gasteiger partial charge in [0, 0.05) is 67.2 Å². The molecule has 0 aliphatic heterocycles. The van der Waals surface area contributed by atoms with E-state index in [4.69, 9.17) is 9.40 Å². The molecule has 4 heteroatoms. The molecule has 0 saturated carbocycles. The fourth-order valence-electron chi connectivity index (χ4n) is 9.79. The SMILES string of the molecule is c1ccc(-c2ccc3c(c2)c2cc(-c4ccccc4)ccc2n3-c2cccc(-c3cncc(-c4ccc5oc6ccc(-n7c8ccccc8c8ccccc87)cc6c5c4)c3)c2)cc1. The summed E-state index contributed by atoms with van der Waals surface area (Å²) in [5.41, 5.74) is 17.8. The summed E-state index contributed by atoms with van der Waals surface area (Å²) in [5, 5.41) is 7.10. The number of furan rings is 1. The Balaban J connectivity index is 0.907. The molecule has 0 radical (unpaired) electrons. The lowest BCUT2D eigenvalue weighted by Crippen LogP contribution is -1.95. The van der Waals surface area contributed by atoms with Gasteiger partial charge in [-0.3, -0.25) is 4.98 Å². The van der Waals surface area contributed by atoms with Crippen LogP contribution in [0.1, 0.15) is 0 Å². The molecule has 0 atom stereocenters. The zero-order valence-corrected chi connectivity index (χ0v) is 34.1. The van der Waals surface area contributed by atoms with Gasteiger partial charge < -0.3 is 13.6 Å². The smallest absolute Gasteiger partial charge is 0.135 e. The summed E-state index contributed by atoms with van der Waals surface area (Å²) in [6, 6.07) is 76.4. The van der Waals surface area contributed by atoms with Gasteiger partial charge in [0.1, 0.15) is 11.2 Å². The summed E-state index contributed by atoms with van der Waals surface area (Å²) in [6.07, 6.45) is 3.93. The first-order chi connectivity index (χ1) is 31.2. The van der Waals surface area contributed by atoms with Crippen molar-refractivity contribution in [3.05, 3.63) is 225 Å². The van der Waals surface area contributed by atoms with Crippen molar-refractivity contribution in [1.82, 2.24) is 14.1 Å². The van der Waals surface area contributed by atoms with Gasteiger partial charge in [0.15, 0.2) is 0 Å². The summed E-state index contributed by atoms with van der Waals surface area (Å²) in [5.74, 6) is 0. The Hall–Kier alpha value is -8.47. The van der Waals surface area contributed by atoms with Crippen LogP contribution in [0.4, 0.5) is 0 Å². The normalized spacial score (nSPS) is 11.8. The second-order valence-corrected chi connectivity index (χ2v) is 16.4. The summed E-state index contributed by atoms with van der Waals surface area (Å²) in [4.78, 5) is 4.81. The van der Waals surface area contributed by atoms with Crippen LogP contribution in [0.3, 0.4) is 0 Å². The fraction of sp³-hybridized carbons (Fsp3) is 0. The van der Waals surface area contributed by atoms with Crippen LogP contribution < -0.4 is 0 Å². The van der Waals surface area contributed by atoms with Crippen LogP contribution in [-0.4, -0.2) is 14.1 Å². The molecule has 13 aromatic rings. The second-order valence-electron chi connectivity index (χ2n) is 16.4. The zero-order valence-electron chi connectivity index (χ0n) is 34.1. The lowest BCUT2D eigenvalue weighted by Gasteiger charge is -2.12. The van der Waals surface area contributed by atoms with Crippen molar-refractivity contribution in [3.8, 4) is 55.9 Å². The van der Waals surface area contributed by atoms with Crippen molar-refractivity contribution in [1.29, 1.82) is 0 Å². The third kappa shape index (κ3) is 5.73. The van der Waals surface area contributed by atoms with Gasteiger partial charge in [0.05, 0.1) is 22.1 Å². The van der Waals surface area contributed by atoms with Crippen LogP contribution >= 0.6 is 0 Å². The van der Waals surface area contributed by atoms with E-state index in [1.54, 1.807) is 0 Å². The maximum Gasteiger partial charge on any atom is 0.135 e. The Kier molecular flexibility index (Phi) is 7.87. The van der Waals surface area contributed by atoms with Gasteiger partial charge in [-0.1, -0.05) is 127 Å². The molecule has 63 heavy (non-hydrogen) atoms. The number of aromatic nitrogens is 3. The van der Waals surface area contributed by atoms with Crippen LogP contribution in [0.2, 0.25) is 0 Å². The van der Waals surface area contributed by atoms with Crippen molar-refractivity contribution in [3.63, 3.8) is 0 Å². The van der Waals surface area contributed by atoms with Crippen LogP contribution in [0.5, 0.6) is 0 Å². The number of para-hydroxylation sites is 2. The maximum absolute atomic E-state index is 6.42. The van der Waals surface area contributed by atoms with E-state index in [-0.39, 0.29) is 0 Å². The molecule has 0 saturated heterocycles. The molecule has 13 rings (SSSR count). The maximum atomic E-state index is 6.42. The first-order valence-corrected chi connectivity index (χ1v) is 21.4. The second kappa shape index (κ2) is 14.1. The molecule has 4 heterocycles. The molecule has 0 N–H and O–H groups in total. The highest BCUT2D eigenvalue weighted by atomic mass is 16.3. The van der Waals surface area contributed by atoms with Crippen LogP contribution in [0.15, 0.2) is 229 Å². The van der Waals surface area contributed by atoms with E-state index in [9.17, 15) is 0 Å². The first kappa shape index (κ1) is 35.3. The van der Waals surface area contributed by atoms with Gasteiger partial charge in [0.2, 0.25) is 0 Å². The third-order valence-corrected chi connectivity index (χ3v) is 12.8. The van der Waals surface area contributed by atoms with Gasteiger partial charge >= 0.3 is 0 Å². The Morgan fingerprint density at radius 2 is 0.714 bits per heavy atom. The standard InChI is InChI=1S/C59H37N3O/c1-3-12-38(13-4-1)41-22-26-56-50(32-41)51-33-42(39-14-5-2-6-15-39)23-27-57(51)61(56)46-17-11-16-40(31-46)44-30-45(37-60-36-44)43-24-28-58-52(34-43)53-35-47(25-29-59(53)63-58)62-54-20-9-7-18-48(54)49-19-8-10-21-55(49)62/h1-37H. The number of rotatable bonds is 6. The highest BCUT2D eigenvalue weighted by Gasteiger charge is 2.18. The Labute approximate surface area is 363 Å². The van der Waals surface area contributed by atoms with E-state index in [1.807, 2.05) is 12.4 Å². The Morgan fingerprint density at radius 1 is 0.270 bits per heavy atom. The van der Waals surface area contributed by atoms with Gasteiger partial charge in [-0.05, 0) is 118 Å². The van der Waals surface area contributed by atoms with Crippen molar-refractivity contribution >= 4 is 65.6 Å². The van der Waals surface area contributed by atoms with E-state index in [2.05, 4.69) is 221 Å². The lowest BCUT2D eigenvalue weighted by molar-refractivity contribution is 0.669. The minimum atomic E-state index is 0.864. The monoisotopic (exact) mass is 803 g/mol. The average molecular weight is 804 g/mol. The summed E-state index contributed by atoms with van der Waals surface area (Å²) in [7, 11) is 0. The van der Waals surface area contributed by atoms with Crippen molar-refractivity contribution in [2.45, 2.75) is 0 Å². The molecule has 4 nitrogen and oxygen atoms in total. The molecule has 294 valence electrons. The topological polar surface area (TPSA) is 35.9 Å². The number of hydrogen-bond acceptors (Lipinski definition) is 2. The van der Waals surface area contributed by atoms with Crippen molar-refractivity contribution in [2.75, 3.05) is 0 Å². The Morgan fingerprint density at radius 3 is 1.33 bits per heavy atom. The number of nitrogens with zero attached hydrogens (tertiary/aromatic N) is 3. The molecule has 0 bridgehead atoms. The molecule has 9 aromatic carbocycles. The highest BCUT2D eigenvalue weighted by molar-refractivity contribution is 6.13. The van der Waals surface area contributed by atoms with Crippen LogP contribution in [0.25, 0.3) is 121 Å². The molecule has 0 fully saturated rings. The van der Waals surface area contributed by atoms with Crippen molar-refractivity contribution in [2.24, 2.45) is 0 Å². The number of pyridine rings is 1. The van der Waals surface area contributed by atoms with Gasteiger partial charge in [-0.15, -0.1) is 0 Å². The lowest BCUT2D eigenvalue weighted by atomic mass is 10.00. The fourth-order valence-corrected chi connectivity index (χ4v) is 9.79. The van der Waals surface area contributed by atoms with E-state index in [1.165, 1.54) is 65.9 Å². The van der Waals surface area contributed by atoms with Gasteiger partial charge in [0.25, 0.3) is 0 Å². The molecule has 0 amide bonds.